The maximum Gasteiger partial charge on any atom is 0.124 e. The lowest BCUT2D eigenvalue weighted by Gasteiger charge is -2.28. The van der Waals surface area contributed by atoms with E-state index in [0.717, 1.165) is 5.56 Å². The summed E-state index contributed by atoms with van der Waals surface area (Å²) in [6.07, 6.45) is 0. The number of rotatable bonds is 5. The standard InChI is InChI=1S/C13H18N2O/c1-13(2,16-3)12(9-14)15-10-11-7-5-4-6-8-11/h4-8,12,15H,10H2,1-3H3. The molecule has 1 unspecified atom stereocenters. The normalized spacial score (nSPS) is 13.1. The zero-order chi connectivity index (χ0) is 12.0. The van der Waals surface area contributed by atoms with Crippen LogP contribution < -0.4 is 5.32 Å². The van der Waals surface area contributed by atoms with Gasteiger partial charge in [-0.15, -0.1) is 0 Å². The molecule has 1 aromatic rings. The molecular formula is C13H18N2O. The van der Waals surface area contributed by atoms with Crippen LogP contribution in [0.25, 0.3) is 0 Å². The Hall–Kier alpha value is -1.37. The van der Waals surface area contributed by atoms with Gasteiger partial charge in [-0.3, -0.25) is 5.32 Å². The van der Waals surface area contributed by atoms with E-state index in [1.165, 1.54) is 0 Å². The number of methoxy groups -OCH3 is 1. The lowest BCUT2D eigenvalue weighted by molar-refractivity contribution is 0.00451. The molecule has 16 heavy (non-hydrogen) atoms. The molecule has 1 aromatic carbocycles. The molecule has 86 valence electrons. The second-order valence-corrected chi connectivity index (χ2v) is 4.24. The Morgan fingerprint density at radius 2 is 2.00 bits per heavy atom. The molecule has 0 aliphatic carbocycles. The molecule has 0 amide bonds. The molecule has 0 saturated carbocycles. The van der Waals surface area contributed by atoms with Crippen LogP contribution in [0.5, 0.6) is 0 Å². The highest BCUT2D eigenvalue weighted by Gasteiger charge is 2.28. The zero-order valence-electron chi connectivity index (χ0n) is 10.0. The Kier molecular flexibility index (Phi) is 4.48. The van der Waals surface area contributed by atoms with Crippen molar-refractivity contribution in [2.45, 2.75) is 32.0 Å². The minimum absolute atomic E-state index is 0.322. The second kappa shape index (κ2) is 5.64. The first kappa shape index (κ1) is 12.7. The largest absolute Gasteiger partial charge is 0.376 e. The van der Waals surface area contributed by atoms with Gasteiger partial charge in [-0.05, 0) is 19.4 Å². The molecule has 0 spiro atoms. The van der Waals surface area contributed by atoms with Crippen molar-refractivity contribution in [2.75, 3.05) is 7.11 Å². The van der Waals surface area contributed by atoms with Gasteiger partial charge in [0.2, 0.25) is 0 Å². The number of hydrogen-bond acceptors (Lipinski definition) is 3. The quantitative estimate of drug-likeness (QED) is 0.823. The molecule has 0 saturated heterocycles. The van der Waals surface area contributed by atoms with E-state index < -0.39 is 5.60 Å². The molecule has 1 atom stereocenters. The van der Waals surface area contributed by atoms with E-state index in [4.69, 9.17) is 10.00 Å². The van der Waals surface area contributed by atoms with Gasteiger partial charge < -0.3 is 4.74 Å². The van der Waals surface area contributed by atoms with E-state index in [2.05, 4.69) is 11.4 Å². The van der Waals surface area contributed by atoms with Crippen LogP contribution in [0.15, 0.2) is 30.3 Å². The SMILES string of the molecule is COC(C)(C)C(C#N)NCc1ccccc1. The maximum absolute atomic E-state index is 9.08. The van der Waals surface area contributed by atoms with E-state index in [1.54, 1.807) is 7.11 Å². The highest BCUT2D eigenvalue weighted by molar-refractivity contribution is 5.15. The third kappa shape index (κ3) is 3.34. The van der Waals surface area contributed by atoms with Crippen molar-refractivity contribution in [3.63, 3.8) is 0 Å². The topological polar surface area (TPSA) is 45.0 Å². The summed E-state index contributed by atoms with van der Waals surface area (Å²) in [5.74, 6) is 0. The van der Waals surface area contributed by atoms with Crippen LogP contribution in [0.1, 0.15) is 19.4 Å². The molecule has 0 aliphatic rings. The predicted octanol–water partition coefficient (Wildman–Crippen LogP) is 2.09. The molecule has 0 bridgehead atoms. The van der Waals surface area contributed by atoms with Gasteiger partial charge >= 0.3 is 0 Å². The van der Waals surface area contributed by atoms with Crippen LogP contribution >= 0.6 is 0 Å². The Morgan fingerprint density at radius 3 is 2.50 bits per heavy atom. The number of nitrogens with zero attached hydrogens (tertiary/aromatic N) is 1. The molecule has 0 heterocycles. The van der Waals surface area contributed by atoms with Crippen molar-refractivity contribution >= 4 is 0 Å². The molecular weight excluding hydrogens is 200 g/mol. The van der Waals surface area contributed by atoms with E-state index in [0.29, 0.717) is 6.54 Å². The van der Waals surface area contributed by atoms with Gasteiger partial charge in [-0.2, -0.15) is 5.26 Å². The number of nitrogens with one attached hydrogen (secondary N) is 1. The molecule has 3 heteroatoms. The first-order valence-corrected chi connectivity index (χ1v) is 5.32. The summed E-state index contributed by atoms with van der Waals surface area (Å²) in [4.78, 5) is 0. The number of benzene rings is 1. The minimum Gasteiger partial charge on any atom is -0.376 e. The Bertz CT molecular complexity index is 354. The molecule has 0 fully saturated rings. The van der Waals surface area contributed by atoms with Crippen LogP contribution in [0, 0.1) is 11.3 Å². The van der Waals surface area contributed by atoms with Crippen LogP contribution in [0.3, 0.4) is 0 Å². The van der Waals surface area contributed by atoms with Crippen molar-refractivity contribution in [3.05, 3.63) is 35.9 Å². The fourth-order valence-corrected chi connectivity index (χ4v) is 1.38. The van der Waals surface area contributed by atoms with Crippen LogP contribution in [-0.4, -0.2) is 18.8 Å². The Balaban J connectivity index is 2.57. The Morgan fingerprint density at radius 1 is 1.38 bits per heavy atom. The molecule has 1 rings (SSSR count). The molecule has 0 radical (unpaired) electrons. The summed E-state index contributed by atoms with van der Waals surface area (Å²) >= 11 is 0. The monoisotopic (exact) mass is 218 g/mol. The van der Waals surface area contributed by atoms with Gasteiger partial charge in [-0.1, -0.05) is 30.3 Å². The van der Waals surface area contributed by atoms with Crippen molar-refractivity contribution < 1.29 is 4.74 Å². The molecule has 0 aliphatic heterocycles. The van der Waals surface area contributed by atoms with E-state index in [-0.39, 0.29) is 6.04 Å². The Labute approximate surface area is 97.0 Å². The zero-order valence-corrected chi connectivity index (χ0v) is 10.0. The van der Waals surface area contributed by atoms with Crippen LogP contribution in [0.2, 0.25) is 0 Å². The molecule has 1 N–H and O–H groups in total. The highest BCUT2D eigenvalue weighted by Crippen LogP contribution is 2.13. The van der Waals surface area contributed by atoms with Gasteiger partial charge in [-0.25, -0.2) is 0 Å². The van der Waals surface area contributed by atoms with Crippen molar-refractivity contribution in [1.82, 2.24) is 5.32 Å². The van der Waals surface area contributed by atoms with Crippen molar-refractivity contribution in [1.29, 1.82) is 5.26 Å². The van der Waals surface area contributed by atoms with Gasteiger partial charge in [0, 0.05) is 13.7 Å². The van der Waals surface area contributed by atoms with Crippen molar-refractivity contribution in [2.24, 2.45) is 0 Å². The number of hydrogen-bond donors (Lipinski definition) is 1. The van der Waals surface area contributed by atoms with Gasteiger partial charge in [0.25, 0.3) is 0 Å². The number of nitriles is 1. The fraction of sp³-hybridized carbons (Fsp3) is 0.462. The van der Waals surface area contributed by atoms with Crippen molar-refractivity contribution in [3.8, 4) is 6.07 Å². The first-order valence-electron chi connectivity index (χ1n) is 5.32. The summed E-state index contributed by atoms with van der Waals surface area (Å²) in [5, 5.41) is 12.3. The maximum atomic E-state index is 9.08. The summed E-state index contributed by atoms with van der Waals surface area (Å²) in [5.41, 5.74) is 0.679. The lowest BCUT2D eigenvalue weighted by Crippen LogP contribution is -2.46. The van der Waals surface area contributed by atoms with Crippen LogP contribution in [0.4, 0.5) is 0 Å². The highest BCUT2D eigenvalue weighted by atomic mass is 16.5. The molecule has 0 aromatic heterocycles. The van der Waals surface area contributed by atoms with Gasteiger partial charge in [0.1, 0.15) is 6.04 Å². The average molecular weight is 218 g/mol. The van der Waals surface area contributed by atoms with Gasteiger partial charge in [0.05, 0.1) is 11.7 Å². The fourth-order valence-electron chi connectivity index (χ4n) is 1.38. The lowest BCUT2D eigenvalue weighted by atomic mass is 9.99. The van der Waals surface area contributed by atoms with E-state index in [9.17, 15) is 0 Å². The summed E-state index contributed by atoms with van der Waals surface area (Å²) in [6, 6.07) is 11.9. The average Bonchev–Trinajstić information content (AvgIpc) is 2.31. The predicted molar refractivity (Wildman–Crippen MR) is 63.8 cm³/mol. The second-order valence-electron chi connectivity index (χ2n) is 4.24. The summed E-state index contributed by atoms with van der Waals surface area (Å²) < 4.78 is 5.29. The third-order valence-corrected chi connectivity index (χ3v) is 2.70. The number of ether oxygens (including phenoxy) is 1. The van der Waals surface area contributed by atoms with Gasteiger partial charge in [0.15, 0.2) is 0 Å². The minimum atomic E-state index is -0.483. The first-order chi connectivity index (χ1) is 7.60. The van der Waals surface area contributed by atoms with E-state index in [1.807, 2.05) is 44.2 Å². The van der Waals surface area contributed by atoms with Crippen LogP contribution in [-0.2, 0) is 11.3 Å². The molecule has 3 nitrogen and oxygen atoms in total. The summed E-state index contributed by atoms with van der Waals surface area (Å²) in [6.45, 7) is 4.48. The third-order valence-electron chi connectivity index (χ3n) is 2.70. The summed E-state index contributed by atoms with van der Waals surface area (Å²) in [7, 11) is 1.62. The van der Waals surface area contributed by atoms with E-state index >= 15 is 0 Å². The smallest absolute Gasteiger partial charge is 0.124 e.